The van der Waals surface area contributed by atoms with E-state index >= 15 is 0 Å². The number of fused-ring (bicyclic) bond motifs is 1. The number of pyridine rings is 2. The highest BCUT2D eigenvalue weighted by Gasteiger charge is 2.12. The molecule has 0 unspecified atom stereocenters. The fraction of sp³-hybridized carbons (Fsp3) is 0.0400. The number of nitrogens with zero attached hydrogens (tertiary/aromatic N) is 3. The maximum atomic E-state index is 4.61. The van der Waals surface area contributed by atoms with E-state index in [2.05, 4.69) is 86.6 Å². The minimum absolute atomic E-state index is 0.799. The molecule has 29 heavy (non-hydrogen) atoms. The molecule has 0 atom stereocenters. The van der Waals surface area contributed by atoms with Crippen LogP contribution in [0.4, 0.5) is 11.5 Å². The summed E-state index contributed by atoms with van der Waals surface area (Å²) in [6.07, 6.45) is 5.48. The number of nitrogens with one attached hydrogen (secondary N) is 1. The zero-order valence-electron chi connectivity index (χ0n) is 15.9. The first-order valence-corrected chi connectivity index (χ1v) is 9.62. The number of rotatable bonds is 5. The molecule has 140 valence electrons. The molecule has 0 saturated heterocycles. The molecule has 5 rings (SSSR count). The second-order valence-electron chi connectivity index (χ2n) is 6.96. The fourth-order valence-electron chi connectivity index (χ4n) is 3.59. The van der Waals surface area contributed by atoms with Gasteiger partial charge in [-0.2, -0.15) is 0 Å². The third-order valence-corrected chi connectivity index (χ3v) is 4.99. The molecule has 3 aromatic heterocycles. The SMILES string of the molecule is c1ccc(Cn2c(-c3ccccc3)cc3cnc(Nc4ccncc4)cc32)cc1. The minimum atomic E-state index is 0.799. The summed E-state index contributed by atoms with van der Waals surface area (Å²) in [5, 5.41) is 4.50. The predicted molar refractivity (Wildman–Crippen MR) is 118 cm³/mol. The van der Waals surface area contributed by atoms with Gasteiger partial charge in [0, 0.05) is 48.0 Å². The van der Waals surface area contributed by atoms with E-state index in [0.29, 0.717) is 0 Å². The highest BCUT2D eigenvalue weighted by atomic mass is 15.0. The van der Waals surface area contributed by atoms with Crippen molar-refractivity contribution in [3.8, 4) is 11.3 Å². The Balaban J connectivity index is 1.63. The Bertz CT molecular complexity index is 1230. The maximum Gasteiger partial charge on any atom is 0.132 e. The van der Waals surface area contributed by atoms with Gasteiger partial charge in [0.15, 0.2) is 0 Å². The predicted octanol–water partition coefficient (Wildman–Crippen LogP) is 5.89. The molecule has 0 spiro atoms. The van der Waals surface area contributed by atoms with E-state index in [1.54, 1.807) is 12.4 Å². The molecular formula is C25H20N4. The Morgan fingerprint density at radius 3 is 2.28 bits per heavy atom. The van der Waals surface area contributed by atoms with E-state index in [4.69, 9.17) is 0 Å². The maximum absolute atomic E-state index is 4.61. The number of hydrogen-bond acceptors (Lipinski definition) is 3. The summed E-state index contributed by atoms with van der Waals surface area (Å²) in [5.74, 6) is 0.815. The Morgan fingerprint density at radius 2 is 1.52 bits per heavy atom. The first kappa shape index (κ1) is 17.2. The van der Waals surface area contributed by atoms with Gasteiger partial charge in [0.1, 0.15) is 5.82 Å². The van der Waals surface area contributed by atoms with Crippen molar-refractivity contribution >= 4 is 22.4 Å². The molecule has 0 saturated carbocycles. The highest BCUT2D eigenvalue weighted by Crippen LogP contribution is 2.30. The van der Waals surface area contributed by atoms with Crippen molar-refractivity contribution in [1.29, 1.82) is 0 Å². The van der Waals surface area contributed by atoms with E-state index in [9.17, 15) is 0 Å². The second-order valence-corrected chi connectivity index (χ2v) is 6.96. The summed E-state index contributed by atoms with van der Waals surface area (Å²) >= 11 is 0. The van der Waals surface area contributed by atoms with Crippen molar-refractivity contribution in [2.75, 3.05) is 5.32 Å². The van der Waals surface area contributed by atoms with Crippen LogP contribution in [0.25, 0.3) is 22.2 Å². The summed E-state index contributed by atoms with van der Waals surface area (Å²) in [6, 6.07) is 29.3. The summed E-state index contributed by atoms with van der Waals surface area (Å²) < 4.78 is 2.36. The van der Waals surface area contributed by atoms with E-state index in [0.717, 1.165) is 29.0 Å². The van der Waals surface area contributed by atoms with E-state index in [1.165, 1.54) is 16.8 Å². The fourth-order valence-corrected chi connectivity index (χ4v) is 3.59. The molecule has 4 heteroatoms. The number of benzene rings is 2. The van der Waals surface area contributed by atoms with Crippen molar-refractivity contribution in [3.05, 3.63) is 109 Å². The van der Waals surface area contributed by atoms with Crippen LogP contribution in [0.2, 0.25) is 0 Å². The largest absolute Gasteiger partial charge is 0.340 e. The van der Waals surface area contributed by atoms with Gasteiger partial charge in [-0.05, 0) is 29.3 Å². The molecule has 1 N–H and O–H groups in total. The average Bonchev–Trinajstić information content (AvgIpc) is 3.13. The second kappa shape index (κ2) is 7.60. The average molecular weight is 376 g/mol. The third kappa shape index (κ3) is 3.60. The molecule has 0 aliphatic heterocycles. The van der Waals surface area contributed by atoms with Gasteiger partial charge in [0.25, 0.3) is 0 Å². The standard InChI is InChI=1S/C25H20N4/c1-3-7-19(8-4-1)18-29-23(20-9-5-2-6-10-20)15-21-17-27-25(16-24(21)29)28-22-11-13-26-14-12-22/h1-17H,18H2,(H,26,27,28). The molecule has 5 aromatic rings. The van der Waals surface area contributed by atoms with Crippen molar-refractivity contribution in [3.63, 3.8) is 0 Å². The summed E-state index contributed by atoms with van der Waals surface area (Å²) in [6.45, 7) is 0.799. The zero-order chi connectivity index (χ0) is 19.5. The number of anilines is 2. The van der Waals surface area contributed by atoms with Crippen LogP contribution in [-0.4, -0.2) is 14.5 Å². The van der Waals surface area contributed by atoms with E-state index < -0.39 is 0 Å². The van der Waals surface area contributed by atoms with Gasteiger partial charge in [-0.25, -0.2) is 4.98 Å². The molecule has 2 aromatic carbocycles. The lowest BCUT2D eigenvalue weighted by atomic mass is 10.1. The molecular weight excluding hydrogens is 356 g/mol. The Kier molecular flexibility index (Phi) is 4.51. The van der Waals surface area contributed by atoms with Gasteiger partial charge in [-0.15, -0.1) is 0 Å². The van der Waals surface area contributed by atoms with Crippen molar-refractivity contribution < 1.29 is 0 Å². The first-order valence-electron chi connectivity index (χ1n) is 9.62. The van der Waals surface area contributed by atoms with Crippen molar-refractivity contribution in [2.45, 2.75) is 6.54 Å². The van der Waals surface area contributed by atoms with Crippen molar-refractivity contribution in [2.24, 2.45) is 0 Å². The molecule has 0 radical (unpaired) electrons. The van der Waals surface area contributed by atoms with Crippen LogP contribution in [0, 0.1) is 0 Å². The molecule has 0 fully saturated rings. The van der Waals surface area contributed by atoms with Gasteiger partial charge < -0.3 is 9.88 Å². The van der Waals surface area contributed by atoms with Gasteiger partial charge in [-0.3, -0.25) is 4.98 Å². The van der Waals surface area contributed by atoms with Crippen LogP contribution >= 0.6 is 0 Å². The molecule has 3 heterocycles. The molecule has 4 nitrogen and oxygen atoms in total. The van der Waals surface area contributed by atoms with Gasteiger partial charge in [0.2, 0.25) is 0 Å². The topological polar surface area (TPSA) is 42.7 Å². The lowest BCUT2D eigenvalue weighted by molar-refractivity contribution is 0.844. The monoisotopic (exact) mass is 376 g/mol. The highest BCUT2D eigenvalue weighted by molar-refractivity contribution is 5.88. The minimum Gasteiger partial charge on any atom is -0.340 e. The van der Waals surface area contributed by atoms with Crippen LogP contribution in [0.5, 0.6) is 0 Å². The summed E-state index contributed by atoms with van der Waals surface area (Å²) in [5.41, 5.74) is 5.77. The third-order valence-electron chi connectivity index (χ3n) is 4.99. The van der Waals surface area contributed by atoms with Crippen LogP contribution in [0.3, 0.4) is 0 Å². The van der Waals surface area contributed by atoms with Crippen molar-refractivity contribution in [1.82, 2.24) is 14.5 Å². The zero-order valence-corrected chi connectivity index (χ0v) is 15.9. The Morgan fingerprint density at radius 1 is 0.793 bits per heavy atom. The van der Waals surface area contributed by atoms with Gasteiger partial charge in [-0.1, -0.05) is 60.7 Å². The van der Waals surface area contributed by atoms with Crippen LogP contribution < -0.4 is 5.32 Å². The van der Waals surface area contributed by atoms with Crippen LogP contribution in [0.15, 0.2) is 104 Å². The molecule has 0 aliphatic rings. The molecule has 0 amide bonds. The molecule has 0 bridgehead atoms. The lowest BCUT2D eigenvalue weighted by Crippen LogP contribution is -2.02. The number of hydrogen-bond donors (Lipinski definition) is 1. The molecule has 0 aliphatic carbocycles. The van der Waals surface area contributed by atoms with Gasteiger partial charge >= 0.3 is 0 Å². The van der Waals surface area contributed by atoms with Gasteiger partial charge in [0.05, 0.1) is 5.52 Å². The smallest absolute Gasteiger partial charge is 0.132 e. The quantitative estimate of drug-likeness (QED) is 0.416. The summed E-state index contributed by atoms with van der Waals surface area (Å²) in [7, 11) is 0. The lowest BCUT2D eigenvalue weighted by Gasteiger charge is -2.12. The van der Waals surface area contributed by atoms with Crippen LogP contribution in [0.1, 0.15) is 5.56 Å². The Labute approximate surface area is 169 Å². The normalized spacial score (nSPS) is 10.9. The Hall–Kier alpha value is -3.92. The van der Waals surface area contributed by atoms with E-state index in [1.807, 2.05) is 24.4 Å². The van der Waals surface area contributed by atoms with E-state index in [-0.39, 0.29) is 0 Å². The first-order chi connectivity index (χ1) is 14.4. The number of aromatic nitrogens is 3. The summed E-state index contributed by atoms with van der Waals surface area (Å²) in [4.78, 5) is 8.68. The van der Waals surface area contributed by atoms with Crippen LogP contribution in [-0.2, 0) is 6.54 Å².